The van der Waals surface area contributed by atoms with Gasteiger partial charge in [0.15, 0.2) is 6.10 Å². The maximum Gasteiger partial charge on any atom is 0.306 e. The van der Waals surface area contributed by atoms with Gasteiger partial charge >= 0.3 is 17.9 Å². The first-order valence-electron chi connectivity index (χ1n) is 35.4. The molecule has 0 amide bonds. The summed E-state index contributed by atoms with van der Waals surface area (Å²) in [5.74, 6) is -0.883. The van der Waals surface area contributed by atoms with Crippen molar-refractivity contribution in [3.05, 3.63) is 72.9 Å². The highest BCUT2D eigenvalue weighted by Gasteiger charge is 2.19. The molecule has 1 atom stereocenters. The highest BCUT2D eigenvalue weighted by molar-refractivity contribution is 5.71. The molecule has 0 saturated carbocycles. The summed E-state index contributed by atoms with van der Waals surface area (Å²) in [4.78, 5) is 38.4. The van der Waals surface area contributed by atoms with Crippen LogP contribution in [0.2, 0.25) is 0 Å². The molecule has 0 aromatic rings. The van der Waals surface area contributed by atoms with Crippen LogP contribution in [0, 0.1) is 0 Å². The fourth-order valence-corrected chi connectivity index (χ4v) is 10.3. The Hall–Kier alpha value is -3.15. The molecule has 0 rings (SSSR count). The van der Waals surface area contributed by atoms with Gasteiger partial charge < -0.3 is 14.2 Å². The maximum absolute atomic E-state index is 12.9. The van der Waals surface area contributed by atoms with E-state index in [0.717, 1.165) is 96.3 Å². The molecule has 1 unspecified atom stereocenters. The molecule has 0 heterocycles. The lowest BCUT2D eigenvalue weighted by molar-refractivity contribution is -0.167. The topological polar surface area (TPSA) is 78.9 Å². The molecule has 0 aliphatic rings. The number of hydrogen-bond acceptors (Lipinski definition) is 6. The maximum atomic E-state index is 12.9. The minimum absolute atomic E-state index is 0.0801. The fourth-order valence-electron chi connectivity index (χ4n) is 10.3. The molecule has 0 N–H and O–H groups in total. The van der Waals surface area contributed by atoms with Gasteiger partial charge in [0.2, 0.25) is 0 Å². The lowest BCUT2D eigenvalue weighted by atomic mass is 10.0. The summed E-state index contributed by atoms with van der Waals surface area (Å²) in [5.41, 5.74) is 0. The zero-order valence-corrected chi connectivity index (χ0v) is 54.1. The molecular weight excluding hydrogens is 997 g/mol. The summed E-state index contributed by atoms with van der Waals surface area (Å²) < 4.78 is 17.0. The van der Waals surface area contributed by atoms with E-state index in [9.17, 15) is 14.4 Å². The molecule has 6 heteroatoms. The first-order valence-corrected chi connectivity index (χ1v) is 35.4. The van der Waals surface area contributed by atoms with Crippen LogP contribution in [0.15, 0.2) is 72.9 Å². The summed E-state index contributed by atoms with van der Waals surface area (Å²) in [6, 6.07) is 0. The number of ether oxygens (including phenoxy) is 3. The summed E-state index contributed by atoms with van der Waals surface area (Å²) >= 11 is 0. The van der Waals surface area contributed by atoms with Crippen molar-refractivity contribution in [2.75, 3.05) is 13.2 Å². The normalized spacial score (nSPS) is 12.5. The lowest BCUT2D eigenvalue weighted by Gasteiger charge is -2.18. The van der Waals surface area contributed by atoms with Crippen molar-refractivity contribution in [1.29, 1.82) is 0 Å². The van der Waals surface area contributed by atoms with Crippen LogP contribution in [0.3, 0.4) is 0 Å². The fraction of sp³-hybridized carbons (Fsp3) is 0.800. The molecule has 6 nitrogen and oxygen atoms in total. The van der Waals surface area contributed by atoms with E-state index in [0.29, 0.717) is 19.3 Å². The van der Waals surface area contributed by atoms with Crippen molar-refractivity contribution in [1.82, 2.24) is 0 Å². The Balaban J connectivity index is 4.21. The van der Waals surface area contributed by atoms with Crippen LogP contribution < -0.4 is 0 Å². The van der Waals surface area contributed by atoms with Gasteiger partial charge in [0.1, 0.15) is 13.2 Å². The zero-order valence-electron chi connectivity index (χ0n) is 54.1. The minimum atomic E-state index is -0.786. The van der Waals surface area contributed by atoms with Crippen molar-refractivity contribution < 1.29 is 28.6 Å². The molecule has 0 bridgehead atoms. The van der Waals surface area contributed by atoms with E-state index in [1.807, 2.05) is 0 Å². The van der Waals surface area contributed by atoms with E-state index >= 15 is 0 Å². The van der Waals surface area contributed by atoms with Gasteiger partial charge in [-0.25, -0.2) is 0 Å². The first-order chi connectivity index (χ1) is 40.0. The smallest absolute Gasteiger partial charge is 0.306 e. The monoisotopic (exact) mass is 1130 g/mol. The van der Waals surface area contributed by atoms with Crippen LogP contribution in [-0.2, 0) is 28.6 Å². The first kappa shape index (κ1) is 77.9. The van der Waals surface area contributed by atoms with Crippen molar-refractivity contribution >= 4 is 17.9 Å². The Kier molecular flexibility index (Phi) is 66.6. The highest BCUT2D eigenvalue weighted by atomic mass is 16.6. The number of hydrogen-bond donors (Lipinski definition) is 0. The van der Waals surface area contributed by atoms with Gasteiger partial charge in [-0.1, -0.05) is 306 Å². The van der Waals surface area contributed by atoms with E-state index in [2.05, 4.69) is 93.7 Å². The van der Waals surface area contributed by atoms with Crippen molar-refractivity contribution in [3.63, 3.8) is 0 Å². The Morgan fingerprint density at radius 3 is 0.704 bits per heavy atom. The third-order valence-electron chi connectivity index (χ3n) is 15.7. The number of carbonyl (C=O) groups excluding carboxylic acids is 3. The predicted octanol–water partition coefficient (Wildman–Crippen LogP) is 24.4. The van der Waals surface area contributed by atoms with Crippen LogP contribution in [0.25, 0.3) is 0 Å². The predicted molar refractivity (Wildman–Crippen MR) is 353 cm³/mol. The number of unbranched alkanes of at least 4 members (excludes halogenated alkanes) is 42. The number of allylic oxidation sites excluding steroid dienone is 12. The molecule has 0 aliphatic heterocycles. The molecular formula is C75H134O6. The van der Waals surface area contributed by atoms with Crippen molar-refractivity contribution in [2.45, 2.75) is 374 Å². The largest absolute Gasteiger partial charge is 0.462 e. The van der Waals surface area contributed by atoms with E-state index < -0.39 is 6.10 Å². The third-order valence-corrected chi connectivity index (χ3v) is 15.7. The average Bonchev–Trinajstić information content (AvgIpc) is 3.47. The van der Waals surface area contributed by atoms with Crippen LogP contribution in [-0.4, -0.2) is 37.2 Å². The van der Waals surface area contributed by atoms with Gasteiger partial charge in [0.25, 0.3) is 0 Å². The van der Waals surface area contributed by atoms with Crippen LogP contribution in [0.5, 0.6) is 0 Å². The van der Waals surface area contributed by atoms with E-state index in [4.69, 9.17) is 14.2 Å². The van der Waals surface area contributed by atoms with E-state index in [-0.39, 0.29) is 31.1 Å². The Bertz CT molecular complexity index is 1490. The second-order valence-electron chi connectivity index (χ2n) is 23.8. The van der Waals surface area contributed by atoms with E-state index in [1.54, 1.807) is 0 Å². The summed E-state index contributed by atoms with van der Waals surface area (Å²) in [7, 11) is 0. The van der Waals surface area contributed by atoms with Crippen LogP contribution in [0.4, 0.5) is 0 Å². The number of esters is 3. The lowest BCUT2D eigenvalue weighted by Crippen LogP contribution is -2.30. The number of rotatable bonds is 65. The molecule has 0 aromatic heterocycles. The summed E-state index contributed by atoms with van der Waals surface area (Å²) in [6.07, 6.45) is 90.7. The molecule has 0 aromatic carbocycles. The Labute approximate surface area is 503 Å². The third kappa shape index (κ3) is 67.5. The van der Waals surface area contributed by atoms with Gasteiger partial charge in [-0.2, -0.15) is 0 Å². The van der Waals surface area contributed by atoms with Crippen molar-refractivity contribution in [3.8, 4) is 0 Å². The van der Waals surface area contributed by atoms with Crippen LogP contribution in [0.1, 0.15) is 367 Å². The average molecular weight is 1130 g/mol. The molecule has 0 fully saturated rings. The van der Waals surface area contributed by atoms with Gasteiger partial charge in [0, 0.05) is 19.3 Å². The number of carbonyl (C=O) groups is 3. The molecule has 0 spiro atoms. The second kappa shape index (κ2) is 69.3. The quantitative estimate of drug-likeness (QED) is 0.0261. The van der Waals surface area contributed by atoms with Crippen molar-refractivity contribution in [2.24, 2.45) is 0 Å². The molecule has 0 aliphatic carbocycles. The van der Waals surface area contributed by atoms with Gasteiger partial charge in [-0.3, -0.25) is 14.4 Å². The standard InChI is InChI=1S/C75H134O6/c1-4-7-10-13-16-19-22-25-28-30-31-32-33-34-35-36-37-38-39-40-41-42-43-45-47-50-53-56-59-62-65-68-74(77)80-71-72(70-79-73(76)67-64-61-58-55-52-49-46-27-24-21-18-15-12-9-6-3)81-75(78)69-66-63-60-57-54-51-48-44-29-26-23-20-17-14-11-8-5-2/h17-18,20-22,25-27,29-31,46,72H,4-16,19,23-24,28,32-45,47-71H2,1-3H3/b20-17-,21-18-,25-22-,29-26-,31-30-,46-27-. The molecule has 0 radical (unpaired) electrons. The van der Waals surface area contributed by atoms with E-state index in [1.165, 1.54) is 231 Å². The molecule has 81 heavy (non-hydrogen) atoms. The molecule has 470 valence electrons. The SMILES string of the molecule is CCCCC/C=C\C/C=C\CCCCCCCCCC(=O)OC(COC(=O)CCCCCCC/C=C\C/C=C\CCCCC)COC(=O)CCCCCCCCCCCCCCCCCCCCC/C=C\C/C=C\CCCCCCC. The highest BCUT2D eigenvalue weighted by Crippen LogP contribution is 2.17. The minimum Gasteiger partial charge on any atom is -0.462 e. The van der Waals surface area contributed by atoms with Crippen LogP contribution >= 0.6 is 0 Å². The summed E-state index contributed by atoms with van der Waals surface area (Å²) in [6.45, 7) is 6.61. The second-order valence-corrected chi connectivity index (χ2v) is 23.8. The zero-order chi connectivity index (χ0) is 58.5. The summed E-state index contributed by atoms with van der Waals surface area (Å²) in [5, 5.41) is 0. The molecule has 0 saturated heterocycles. The van der Waals surface area contributed by atoms with Gasteiger partial charge in [0.05, 0.1) is 0 Å². The Morgan fingerprint density at radius 1 is 0.247 bits per heavy atom. The Morgan fingerprint density at radius 2 is 0.444 bits per heavy atom. The van der Waals surface area contributed by atoms with Gasteiger partial charge in [-0.05, 0) is 116 Å². The van der Waals surface area contributed by atoms with Gasteiger partial charge in [-0.15, -0.1) is 0 Å².